The maximum atomic E-state index is 5.66. The Labute approximate surface area is 115 Å². The first-order valence-electron chi connectivity index (χ1n) is 7.51. The molecule has 6 nitrogen and oxygen atoms in total. The first kappa shape index (κ1) is 14.4. The van der Waals surface area contributed by atoms with E-state index in [1.54, 1.807) is 0 Å². The van der Waals surface area contributed by atoms with Gasteiger partial charge in [0.1, 0.15) is 0 Å². The van der Waals surface area contributed by atoms with Crippen molar-refractivity contribution >= 4 is 0 Å². The van der Waals surface area contributed by atoms with Crippen molar-refractivity contribution in [2.24, 2.45) is 11.7 Å². The van der Waals surface area contributed by atoms with Crippen LogP contribution in [0.4, 0.5) is 0 Å². The minimum Gasteiger partial charge on any atom is -0.330 e. The number of aromatic nitrogens is 4. The largest absolute Gasteiger partial charge is 0.330 e. The Morgan fingerprint density at radius 3 is 3.11 bits per heavy atom. The van der Waals surface area contributed by atoms with Crippen LogP contribution < -0.4 is 5.73 Å². The van der Waals surface area contributed by atoms with E-state index in [1.807, 2.05) is 4.68 Å². The Morgan fingerprint density at radius 1 is 1.42 bits per heavy atom. The zero-order valence-electron chi connectivity index (χ0n) is 12.0. The molecule has 0 bridgehead atoms. The number of hydrogen-bond donors (Lipinski definition) is 1. The van der Waals surface area contributed by atoms with E-state index in [4.69, 9.17) is 5.73 Å². The van der Waals surface area contributed by atoms with Gasteiger partial charge in [-0.1, -0.05) is 13.3 Å². The Bertz CT molecular complexity index is 362. The van der Waals surface area contributed by atoms with E-state index in [0.717, 1.165) is 57.3 Å². The summed E-state index contributed by atoms with van der Waals surface area (Å²) in [6.45, 7) is 7.08. The minimum atomic E-state index is 0.749. The Kier molecular flexibility index (Phi) is 5.72. The summed E-state index contributed by atoms with van der Waals surface area (Å²) in [5.41, 5.74) is 5.66. The summed E-state index contributed by atoms with van der Waals surface area (Å²) >= 11 is 0. The smallest absolute Gasteiger partial charge is 0.165 e. The van der Waals surface area contributed by atoms with Crippen LogP contribution in [-0.4, -0.2) is 44.7 Å². The lowest BCUT2D eigenvalue weighted by Crippen LogP contribution is -2.36. The number of nitrogens with two attached hydrogens (primary N) is 1. The maximum Gasteiger partial charge on any atom is 0.165 e. The zero-order valence-corrected chi connectivity index (χ0v) is 12.0. The third kappa shape index (κ3) is 4.24. The SMILES string of the molecule is CCCCn1nnnc1CN1CCCC(CCN)C1. The van der Waals surface area contributed by atoms with Crippen LogP contribution in [0.2, 0.25) is 0 Å². The molecule has 1 aliphatic rings. The van der Waals surface area contributed by atoms with Crippen molar-refractivity contribution in [3.05, 3.63) is 5.82 Å². The number of aryl methyl sites for hydroxylation is 1. The summed E-state index contributed by atoms with van der Waals surface area (Å²) in [5.74, 6) is 1.75. The van der Waals surface area contributed by atoms with Crippen LogP contribution in [0.1, 0.15) is 44.9 Å². The minimum absolute atomic E-state index is 0.749. The predicted molar refractivity (Wildman–Crippen MR) is 74.4 cm³/mol. The third-order valence-electron chi connectivity index (χ3n) is 3.87. The molecule has 19 heavy (non-hydrogen) atoms. The second-order valence-corrected chi connectivity index (χ2v) is 5.49. The number of tetrazole rings is 1. The summed E-state index contributed by atoms with van der Waals surface area (Å²) < 4.78 is 1.95. The second kappa shape index (κ2) is 7.55. The highest BCUT2D eigenvalue weighted by atomic mass is 15.5. The van der Waals surface area contributed by atoms with E-state index in [9.17, 15) is 0 Å². The molecule has 2 N–H and O–H groups in total. The predicted octanol–water partition coefficient (Wildman–Crippen LogP) is 1.03. The standard InChI is InChI=1S/C13H26N6/c1-2-3-9-19-13(15-16-17-19)11-18-8-4-5-12(10-18)6-7-14/h12H,2-11,14H2,1H3. The monoisotopic (exact) mass is 266 g/mol. The molecule has 1 aliphatic heterocycles. The molecule has 0 aromatic carbocycles. The van der Waals surface area contributed by atoms with Gasteiger partial charge in [0.05, 0.1) is 6.54 Å². The molecule has 2 rings (SSSR count). The van der Waals surface area contributed by atoms with Gasteiger partial charge in [-0.25, -0.2) is 4.68 Å². The lowest BCUT2D eigenvalue weighted by atomic mass is 9.95. The molecule has 0 spiro atoms. The first-order chi connectivity index (χ1) is 9.33. The fourth-order valence-electron chi connectivity index (χ4n) is 2.78. The molecule has 0 aliphatic carbocycles. The molecule has 1 saturated heterocycles. The van der Waals surface area contributed by atoms with Gasteiger partial charge in [-0.05, 0) is 55.1 Å². The number of rotatable bonds is 7. The molecular weight excluding hydrogens is 240 g/mol. The molecule has 1 unspecified atom stereocenters. The Morgan fingerprint density at radius 2 is 2.32 bits per heavy atom. The van der Waals surface area contributed by atoms with Gasteiger partial charge in [0.15, 0.2) is 5.82 Å². The van der Waals surface area contributed by atoms with Gasteiger partial charge in [0, 0.05) is 13.1 Å². The van der Waals surface area contributed by atoms with Crippen molar-refractivity contribution in [2.45, 2.75) is 52.1 Å². The van der Waals surface area contributed by atoms with Gasteiger partial charge in [-0.3, -0.25) is 4.90 Å². The van der Waals surface area contributed by atoms with E-state index in [-0.39, 0.29) is 0 Å². The molecule has 1 fully saturated rings. The summed E-state index contributed by atoms with van der Waals surface area (Å²) in [6.07, 6.45) is 6.02. The average Bonchev–Trinajstić information content (AvgIpc) is 2.84. The molecule has 0 radical (unpaired) electrons. The van der Waals surface area contributed by atoms with E-state index in [2.05, 4.69) is 27.3 Å². The fraction of sp³-hybridized carbons (Fsp3) is 0.923. The molecule has 1 aromatic rings. The molecule has 1 aromatic heterocycles. The van der Waals surface area contributed by atoms with Crippen LogP contribution in [0, 0.1) is 5.92 Å². The highest BCUT2D eigenvalue weighted by Gasteiger charge is 2.21. The lowest BCUT2D eigenvalue weighted by molar-refractivity contribution is 0.157. The van der Waals surface area contributed by atoms with Crippen molar-refractivity contribution in [3.63, 3.8) is 0 Å². The van der Waals surface area contributed by atoms with Crippen molar-refractivity contribution in [2.75, 3.05) is 19.6 Å². The molecule has 2 heterocycles. The normalized spacial score (nSPS) is 20.8. The molecule has 108 valence electrons. The van der Waals surface area contributed by atoms with Gasteiger partial charge in [-0.15, -0.1) is 5.10 Å². The number of piperidine rings is 1. The topological polar surface area (TPSA) is 72.9 Å². The summed E-state index contributed by atoms with van der Waals surface area (Å²) in [4.78, 5) is 2.47. The van der Waals surface area contributed by atoms with Crippen LogP contribution in [0.25, 0.3) is 0 Å². The van der Waals surface area contributed by atoms with Gasteiger partial charge in [0.2, 0.25) is 0 Å². The second-order valence-electron chi connectivity index (χ2n) is 5.49. The number of unbranched alkanes of at least 4 members (excludes halogenated alkanes) is 1. The highest BCUT2D eigenvalue weighted by Crippen LogP contribution is 2.20. The maximum absolute atomic E-state index is 5.66. The van der Waals surface area contributed by atoms with Crippen LogP contribution in [-0.2, 0) is 13.1 Å². The Hall–Kier alpha value is -1.01. The summed E-state index contributed by atoms with van der Waals surface area (Å²) in [6, 6.07) is 0. The van der Waals surface area contributed by atoms with Gasteiger partial charge < -0.3 is 5.73 Å². The van der Waals surface area contributed by atoms with Crippen molar-refractivity contribution in [1.82, 2.24) is 25.1 Å². The van der Waals surface area contributed by atoms with Crippen LogP contribution in [0.15, 0.2) is 0 Å². The number of hydrogen-bond acceptors (Lipinski definition) is 5. The van der Waals surface area contributed by atoms with Gasteiger partial charge in [0.25, 0.3) is 0 Å². The van der Waals surface area contributed by atoms with E-state index >= 15 is 0 Å². The molecule has 6 heteroatoms. The molecule has 0 saturated carbocycles. The van der Waals surface area contributed by atoms with Gasteiger partial charge in [-0.2, -0.15) is 0 Å². The highest BCUT2D eigenvalue weighted by molar-refractivity contribution is 4.84. The molecule has 1 atom stereocenters. The quantitative estimate of drug-likeness (QED) is 0.798. The van der Waals surface area contributed by atoms with E-state index in [1.165, 1.54) is 19.3 Å². The van der Waals surface area contributed by atoms with Crippen LogP contribution in [0.5, 0.6) is 0 Å². The Balaban J connectivity index is 1.87. The number of likely N-dealkylation sites (tertiary alicyclic amines) is 1. The molecular formula is C13H26N6. The fourth-order valence-corrected chi connectivity index (χ4v) is 2.78. The van der Waals surface area contributed by atoms with E-state index in [0.29, 0.717) is 0 Å². The van der Waals surface area contributed by atoms with Gasteiger partial charge >= 0.3 is 0 Å². The van der Waals surface area contributed by atoms with Crippen molar-refractivity contribution < 1.29 is 0 Å². The lowest BCUT2D eigenvalue weighted by Gasteiger charge is -2.32. The van der Waals surface area contributed by atoms with Crippen LogP contribution in [0.3, 0.4) is 0 Å². The van der Waals surface area contributed by atoms with Crippen molar-refractivity contribution in [1.29, 1.82) is 0 Å². The summed E-state index contributed by atoms with van der Waals surface area (Å²) in [5, 5.41) is 12.1. The van der Waals surface area contributed by atoms with E-state index < -0.39 is 0 Å². The molecule has 0 amide bonds. The summed E-state index contributed by atoms with van der Waals surface area (Å²) in [7, 11) is 0. The number of nitrogens with zero attached hydrogens (tertiary/aromatic N) is 5. The van der Waals surface area contributed by atoms with Crippen molar-refractivity contribution in [3.8, 4) is 0 Å². The average molecular weight is 266 g/mol. The van der Waals surface area contributed by atoms with Crippen LogP contribution >= 0.6 is 0 Å². The zero-order chi connectivity index (χ0) is 13.5. The first-order valence-corrected chi connectivity index (χ1v) is 7.51. The third-order valence-corrected chi connectivity index (χ3v) is 3.87.